The summed E-state index contributed by atoms with van der Waals surface area (Å²) in [6.07, 6.45) is 0.206. The van der Waals surface area contributed by atoms with Crippen molar-refractivity contribution in [3.05, 3.63) is 54.1 Å². The molecular formula is C15H15NO2. The number of hydrogen-bond acceptors (Lipinski definition) is 3. The average Bonchev–Trinajstić information content (AvgIpc) is 2.42. The number of esters is 1. The van der Waals surface area contributed by atoms with Crippen molar-refractivity contribution in [2.75, 3.05) is 12.8 Å². The van der Waals surface area contributed by atoms with E-state index in [2.05, 4.69) is 4.74 Å². The number of methoxy groups -OCH3 is 1. The second-order valence-corrected chi connectivity index (χ2v) is 4.03. The third kappa shape index (κ3) is 2.69. The van der Waals surface area contributed by atoms with Gasteiger partial charge in [0.15, 0.2) is 0 Å². The lowest BCUT2D eigenvalue weighted by molar-refractivity contribution is -0.139. The molecule has 0 atom stereocenters. The predicted octanol–water partition coefficient (Wildman–Crippen LogP) is 2.65. The highest BCUT2D eigenvalue weighted by atomic mass is 16.5. The van der Waals surface area contributed by atoms with Gasteiger partial charge in [-0.1, -0.05) is 42.5 Å². The largest absolute Gasteiger partial charge is 0.469 e. The fourth-order valence-corrected chi connectivity index (χ4v) is 1.79. The first kappa shape index (κ1) is 12.2. The van der Waals surface area contributed by atoms with Crippen molar-refractivity contribution in [1.82, 2.24) is 0 Å². The lowest BCUT2D eigenvalue weighted by Gasteiger charge is -2.07. The topological polar surface area (TPSA) is 52.3 Å². The number of hydrogen-bond donors (Lipinski definition) is 1. The maximum Gasteiger partial charge on any atom is 0.310 e. The van der Waals surface area contributed by atoms with Crippen molar-refractivity contribution in [3.63, 3.8) is 0 Å². The summed E-state index contributed by atoms with van der Waals surface area (Å²) in [7, 11) is 1.37. The molecule has 0 aliphatic carbocycles. The molecule has 2 rings (SSSR count). The number of ether oxygens (including phenoxy) is 1. The van der Waals surface area contributed by atoms with Gasteiger partial charge in [0, 0.05) is 5.69 Å². The van der Waals surface area contributed by atoms with Gasteiger partial charge in [-0.25, -0.2) is 0 Å². The van der Waals surface area contributed by atoms with Gasteiger partial charge in [-0.3, -0.25) is 4.79 Å². The minimum atomic E-state index is -0.283. The molecule has 0 aliphatic rings. The molecular weight excluding hydrogens is 226 g/mol. The second-order valence-electron chi connectivity index (χ2n) is 4.03. The summed E-state index contributed by atoms with van der Waals surface area (Å²) in [4.78, 5) is 11.2. The van der Waals surface area contributed by atoms with Crippen molar-refractivity contribution in [3.8, 4) is 11.1 Å². The molecule has 0 heterocycles. The molecule has 2 N–H and O–H groups in total. The van der Waals surface area contributed by atoms with Crippen LogP contribution in [0.4, 0.5) is 5.69 Å². The summed E-state index contributed by atoms with van der Waals surface area (Å²) in [5.74, 6) is -0.283. The molecule has 0 saturated carbocycles. The first-order chi connectivity index (χ1) is 8.70. The predicted molar refractivity (Wildman–Crippen MR) is 72.0 cm³/mol. The van der Waals surface area contributed by atoms with Crippen LogP contribution in [0.1, 0.15) is 5.56 Å². The smallest absolute Gasteiger partial charge is 0.310 e. The highest BCUT2D eigenvalue weighted by molar-refractivity contribution is 5.77. The van der Waals surface area contributed by atoms with Crippen LogP contribution in [0.2, 0.25) is 0 Å². The van der Waals surface area contributed by atoms with Crippen LogP contribution in [0.3, 0.4) is 0 Å². The number of carbonyl (C=O) groups excluding carboxylic acids is 1. The highest BCUT2D eigenvalue weighted by Crippen LogP contribution is 2.24. The van der Waals surface area contributed by atoms with Crippen LogP contribution in [0, 0.1) is 0 Å². The summed E-state index contributed by atoms with van der Waals surface area (Å²) >= 11 is 0. The fourth-order valence-electron chi connectivity index (χ4n) is 1.79. The molecule has 0 amide bonds. The van der Waals surface area contributed by atoms with Gasteiger partial charge in [0.25, 0.3) is 0 Å². The van der Waals surface area contributed by atoms with Gasteiger partial charge >= 0.3 is 5.97 Å². The molecule has 18 heavy (non-hydrogen) atoms. The van der Waals surface area contributed by atoms with Gasteiger partial charge in [-0.05, 0) is 22.8 Å². The number of anilines is 1. The van der Waals surface area contributed by atoms with Crippen LogP contribution in [0.5, 0.6) is 0 Å². The molecule has 3 nitrogen and oxygen atoms in total. The molecule has 2 aromatic carbocycles. The van der Waals surface area contributed by atoms with Gasteiger partial charge in [-0.15, -0.1) is 0 Å². The molecule has 0 saturated heterocycles. The number of benzene rings is 2. The monoisotopic (exact) mass is 241 g/mol. The van der Waals surface area contributed by atoms with Crippen LogP contribution in [-0.2, 0) is 16.0 Å². The maximum absolute atomic E-state index is 11.2. The van der Waals surface area contributed by atoms with Gasteiger partial charge in [0.1, 0.15) is 0 Å². The van der Waals surface area contributed by atoms with Crippen molar-refractivity contribution in [1.29, 1.82) is 0 Å². The Morgan fingerprint density at radius 1 is 1.11 bits per heavy atom. The van der Waals surface area contributed by atoms with E-state index in [0.717, 1.165) is 16.7 Å². The molecule has 0 bridgehead atoms. The van der Waals surface area contributed by atoms with Crippen LogP contribution >= 0.6 is 0 Å². The zero-order chi connectivity index (χ0) is 13.0. The Hall–Kier alpha value is -2.29. The summed E-state index contributed by atoms with van der Waals surface area (Å²) in [6, 6.07) is 15.7. The maximum atomic E-state index is 11.2. The minimum Gasteiger partial charge on any atom is -0.469 e. The Balaban J connectivity index is 2.28. The van der Waals surface area contributed by atoms with E-state index in [4.69, 9.17) is 5.73 Å². The molecule has 0 unspecified atom stereocenters. The van der Waals surface area contributed by atoms with Crippen molar-refractivity contribution < 1.29 is 9.53 Å². The number of rotatable bonds is 3. The second kappa shape index (κ2) is 5.36. The quantitative estimate of drug-likeness (QED) is 0.664. The van der Waals surface area contributed by atoms with Crippen molar-refractivity contribution in [2.24, 2.45) is 0 Å². The van der Waals surface area contributed by atoms with Crippen LogP contribution < -0.4 is 5.73 Å². The molecule has 3 heteroatoms. The Morgan fingerprint density at radius 2 is 1.83 bits per heavy atom. The van der Waals surface area contributed by atoms with Gasteiger partial charge in [0.2, 0.25) is 0 Å². The average molecular weight is 241 g/mol. The van der Waals surface area contributed by atoms with Gasteiger partial charge < -0.3 is 10.5 Å². The third-order valence-electron chi connectivity index (χ3n) is 2.82. The Morgan fingerprint density at radius 3 is 2.44 bits per heavy atom. The minimum absolute atomic E-state index is 0.206. The number of nitrogen functional groups attached to an aromatic ring is 1. The molecule has 0 aliphatic heterocycles. The summed E-state index contributed by atoms with van der Waals surface area (Å²) in [6.45, 7) is 0. The number of carbonyl (C=O) groups is 1. The van der Waals surface area contributed by atoms with E-state index < -0.39 is 0 Å². The standard InChI is InChI=1S/C15H15NO2/c1-18-15(17)10-13-8-7-12(9-14(13)16)11-5-3-2-4-6-11/h2-9H,10,16H2,1H3. The van der Waals surface area contributed by atoms with Crippen LogP contribution in [0.15, 0.2) is 48.5 Å². The van der Waals surface area contributed by atoms with E-state index in [1.54, 1.807) is 0 Å². The van der Waals surface area contributed by atoms with Crippen molar-refractivity contribution >= 4 is 11.7 Å². The summed E-state index contributed by atoms with van der Waals surface area (Å²) in [5, 5.41) is 0. The fraction of sp³-hybridized carbons (Fsp3) is 0.133. The molecule has 0 radical (unpaired) electrons. The normalized spacial score (nSPS) is 10.1. The molecule has 0 spiro atoms. The zero-order valence-electron chi connectivity index (χ0n) is 10.2. The summed E-state index contributed by atoms with van der Waals surface area (Å²) in [5.41, 5.74) is 9.51. The van der Waals surface area contributed by atoms with Gasteiger partial charge in [-0.2, -0.15) is 0 Å². The molecule has 0 fully saturated rings. The van der Waals surface area contributed by atoms with Crippen LogP contribution in [0.25, 0.3) is 11.1 Å². The van der Waals surface area contributed by atoms with Gasteiger partial charge in [0.05, 0.1) is 13.5 Å². The Bertz CT molecular complexity index is 550. The number of nitrogens with two attached hydrogens (primary N) is 1. The van der Waals surface area contributed by atoms with E-state index in [-0.39, 0.29) is 12.4 Å². The van der Waals surface area contributed by atoms with E-state index in [1.807, 2.05) is 48.5 Å². The highest BCUT2D eigenvalue weighted by Gasteiger charge is 2.07. The van der Waals surface area contributed by atoms with E-state index in [0.29, 0.717) is 5.69 Å². The Labute approximate surface area is 106 Å². The third-order valence-corrected chi connectivity index (χ3v) is 2.82. The molecule has 92 valence electrons. The van der Waals surface area contributed by atoms with E-state index in [9.17, 15) is 4.79 Å². The van der Waals surface area contributed by atoms with E-state index >= 15 is 0 Å². The first-order valence-corrected chi connectivity index (χ1v) is 5.71. The summed E-state index contributed by atoms with van der Waals surface area (Å²) < 4.78 is 4.63. The van der Waals surface area contributed by atoms with E-state index in [1.165, 1.54) is 7.11 Å². The SMILES string of the molecule is COC(=O)Cc1ccc(-c2ccccc2)cc1N. The zero-order valence-corrected chi connectivity index (χ0v) is 10.2. The Kier molecular flexibility index (Phi) is 3.63. The lowest BCUT2D eigenvalue weighted by atomic mass is 10.0. The molecule has 0 aromatic heterocycles. The van der Waals surface area contributed by atoms with Crippen LogP contribution in [-0.4, -0.2) is 13.1 Å². The van der Waals surface area contributed by atoms with Crippen molar-refractivity contribution in [2.45, 2.75) is 6.42 Å². The molecule has 2 aromatic rings. The lowest BCUT2D eigenvalue weighted by Crippen LogP contribution is -2.06. The first-order valence-electron chi connectivity index (χ1n) is 5.71.